The van der Waals surface area contributed by atoms with Gasteiger partial charge in [0.2, 0.25) is 0 Å². The van der Waals surface area contributed by atoms with E-state index in [2.05, 4.69) is 0 Å². The van der Waals surface area contributed by atoms with Crippen molar-refractivity contribution in [2.75, 3.05) is 7.11 Å². The number of hydrogen-bond acceptors (Lipinski definition) is 2. The van der Waals surface area contributed by atoms with Crippen molar-refractivity contribution in [3.8, 4) is 5.75 Å². The Bertz CT molecular complexity index is 546. The van der Waals surface area contributed by atoms with Gasteiger partial charge in [-0.2, -0.15) is 0 Å². The molecular weight excluding hydrogens is 236 g/mol. The third-order valence-electron chi connectivity index (χ3n) is 3.28. The molecule has 0 fully saturated rings. The third-order valence-corrected chi connectivity index (χ3v) is 3.28. The fourth-order valence-corrected chi connectivity index (χ4v) is 2.23. The summed E-state index contributed by atoms with van der Waals surface area (Å²) in [5.41, 5.74) is 1.77. The second-order valence-electron chi connectivity index (χ2n) is 4.47. The summed E-state index contributed by atoms with van der Waals surface area (Å²) in [6, 6.07) is 17.2. The summed E-state index contributed by atoms with van der Waals surface area (Å²) in [5.74, 6) is 0.839. The van der Waals surface area contributed by atoms with Crippen LogP contribution in [0.15, 0.2) is 54.6 Å². The van der Waals surface area contributed by atoms with E-state index in [0.717, 1.165) is 23.3 Å². The zero-order valence-corrected chi connectivity index (χ0v) is 11.3. The molecule has 19 heavy (non-hydrogen) atoms. The van der Waals surface area contributed by atoms with Crippen LogP contribution in [0.1, 0.15) is 35.2 Å². The fourth-order valence-electron chi connectivity index (χ4n) is 2.23. The van der Waals surface area contributed by atoms with Crippen molar-refractivity contribution in [2.45, 2.75) is 19.3 Å². The average Bonchev–Trinajstić information content (AvgIpc) is 2.49. The topological polar surface area (TPSA) is 26.3 Å². The van der Waals surface area contributed by atoms with E-state index in [1.807, 2.05) is 61.5 Å². The number of carbonyl (C=O) groups excluding carboxylic acids is 1. The van der Waals surface area contributed by atoms with Crippen LogP contribution in [0.3, 0.4) is 0 Å². The van der Waals surface area contributed by atoms with E-state index in [4.69, 9.17) is 4.74 Å². The molecule has 0 radical (unpaired) electrons. The molecule has 0 saturated heterocycles. The van der Waals surface area contributed by atoms with Gasteiger partial charge in [0.1, 0.15) is 5.75 Å². The minimum absolute atomic E-state index is 0.113. The summed E-state index contributed by atoms with van der Waals surface area (Å²) in [6.07, 6.45) is 0.779. The Balaban J connectivity index is 2.31. The van der Waals surface area contributed by atoms with Crippen molar-refractivity contribution in [1.82, 2.24) is 0 Å². The molecule has 0 aliphatic heterocycles. The molecule has 0 aliphatic carbocycles. The maximum absolute atomic E-state index is 12.5. The minimum Gasteiger partial charge on any atom is -0.497 e. The highest BCUT2D eigenvalue weighted by Gasteiger charge is 2.20. The summed E-state index contributed by atoms with van der Waals surface area (Å²) in [7, 11) is 1.64. The predicted molar refractivity (Wildman–Crippen MR) is 76.8 cm³/mol. The SMILES string of the molecule is CC[C@H](C(=O)c1ccccc1)c1cccc(OC)c1. The molecule has 0 amide bonds. The number of methoxy groups -OCH3 is 1. The van der Waals surface area contributed by atoms with Crippen LogP contribution >= 0.6 is 0 Å². The van der Waals surface area contributed by atoms with Crippen LogP contribution < -0.4 is 4.74 Å². The number of ketones is 1. The number of benzene rings is 2. The number of Topliss-reactive ketones (excluding diaryl/α,β-unsaturated/α-hetero) is 1. The van der Waals surface area contributed by atoms with Crippen LogP contribution in [-0.2, 0) is 0 Å². The molecule has 2 aromatic carbocycles. The van der Waals surface area contributed by atoms with Crippen LogP contribution in [0, 0.1) is 0 Å². The van der Waals surface area contributed by atoms with Gasteiger partial charge in [-0.25, -0.2) is 0 Å². The molecule has 0 aromatic heterocycles. The quantitative estimate of drug-likeness (QED) is 0.752. The van der Waals surface area contributed by atoms with Crippen molar-refractivity contribution >= 4 is 5.78 Å². The van der Waals surface area contributed by atoms with E-state index >= 15 is 0 Å². The Hall–Kier alpha value is -2.09. The zero-order valence-electron chi connectivity index (χ0n) is 11.3. The lowest BCUT2D eigenvalue weighted by molar-refractivity contribution is 0.0957. The van der Waals surface area contributed by atoms with Crippen molar-refractivity contribution < 1.29 is 9.53 Å². The second-order valence-corrected chi connectivity index (χ2v) is 4.47. The first kappa shape index (κ1) is 13.3. The maximum atomic E-state index is 12.5. The van der Waals surface area contributed by atoms with E-state index in [9.17, 15) is 4.79 Å². The predicted octanol–water partition coefficient (Wildman–Crippen LogP) is 4.07. The van der Waals surface area contributed by atoms with Gasteiger partial charge in [0.15, 0.2) is 5.78 Å². The van der Waals surface area contributed by atoms with Crippen molar-refractivity contribution in [2.24, 2.45) is 0 Å². The Morgan fingerprint density at radius 3 is 2.47 bits per heavy atom. The zero-order chi connectivity index (χ0) is 13.7. The van der Waals surface area contributed by atoms with E-state index < -0.39 is 0 Å². The van der Waals surface area contributed by atoms with Crippen LogP contribution in [0.5, 0.6) is 5.75 Å². The molecule has 1 atom stereocenters. The first-order valence-electron chi connectivity index (χ1n) is 6.49. The summed E-state index contributed by atoms with van der Waals surface area (Å²) < 4.78 is 5.22. The number of hydrogen-bond donors (Lipinski definition) is 0. The van der Waals surface area contributed by atoms with Gasteiger partial charge in [0.05, 0.1) is 7.11 Å². The van der Waals surface area contributed by atoms with E-state index in [0.29, 0.717) is 0 Å². The lowest BCUT2D eigenvalue weighted by Gasteiger charge is -2.15. The third kappa shape index (κ3) is 3.02. The first-order chi connectivity index (χ1) is 9.26. The molecule has 0 spiro atoms. The summed E-state index contributed by atoms with van der Waals surface area (Å²) in [6.45, 7) is 2.03. The number of carbonyl (C=O) groups is 1. The van der Waals surface area contributed by atoms with Crippen molar-refractivity contribution in [3.05, 3.63) is 65.7 Å². The van der Waals surface area contributed by atoms with Crippen molar-refractivity contribution in [3.63, 3.8) is 0 Å². The Kier molecular flexibility index (Phi) is 4.35. The first-order valence-corrected chi connectivity index (χ1v) is 6.49. The summed E-state index contributed by atoms with van der Waals surface area (Å²) in [5, 5.41) is 0. The molecule has 0 aliphatic rings. The second kappa shape index (κ2) is 6.19. The smallest absolute Gasteiger partial charge is 0.170 e. The number of ether oxygens (including phenoxy) is 1. The summed E-state index contributed by atoms with van der Waals surface area (Å²) >= 11 is 0. The molecule has 0 N–H and O–H groups in total. The highest BCUT2D eigenvalue weighted by Crippen LogP contribution is 2.26. The molecule has 0 bridgehead atoms. The fraction of sp³-hybridized carbons (Fsp3) is 0.235. The molecule has 2 rings (SSSR count). The molecule has 0 saturated carbocycles. The van der Waals surface area contributed by atoms with Crippen LogP contribution in [0.4, 0.5) is 0 Å². The normalized spacial score (nSPS) is 11.9. The maximum Gasteiger partial charge on any atom is 0.170 e. The van der Waals surface area contributed by atoms with E-state index in [1.54, 1.807) is 7.11 Å². The van der Waals surface area contributed by atoms with E-state index in [1.165, 1.54) is 0 Å². The van der Waals surface area contributed by atoms with Crippen molar-refractivity contribution in [1.29, 1.82) is 0 Å². The van der Waals surface area contributed by atoms with Gasteiger partial charge in [0.25, 0.3) is 0 Å². The molecular formula is C17H18O2. The lowest BCUT2D eigenvalue weighted by atomic mass is 9.88. The Labute approximate surface area is 114 Å². The lowest BCUT2D eigenvalue weighted by Crippen LogP contribution is -2.12. The van der Waals surface area contributed by atoms with Gasteiger partial charge < -0.3 is 4.74 Å². The van der Waals surface area contributed by atoms with Crippen LogP contribution in [0.25, 0.3) is 0 Å². The average molecular weight is 254 g/mol. The van der Waals surface area contributed by atoms with Gasteiger partial charge in [-0.15, -0.1) is 0 Å². The summed E-state index contributed by atoms with van der Waals surface area (Å²) in [4.78, 5) is 12.5. The van der Waals surface area contributed by atoms with Gasteiger partial charge >= 0.3 is 0 Å². The number of rotatable bonds is 5. The standard InChI is InChI=1S/C17H18O2/c1-3-16(14-10-7-11-15(12-14)19-2)17(18)13-8-5-4-6-9-13/h4-12,16H,3H2,1-2H3/t16-/m0/s1. The van der Waals surface area contributed by atoms with Gasteiger partial charge in [-0.05, 0) is 24.1 Å². The van der Waals surface area contributed by atoms with Gasteiger partial charge in [-0.1, -0.05) is 49.4 Å². The van der Waals surface area contributed by atoms with Crippen LogP contribution in [-0.4, -0.2) is 12.9 Å². The molecule has 0 unspecified atom stereocenters. The Morgan fingerprint density at radius 2 is 1.84 bits per heavy atom. The van der Waals surface area contributed by atoms with Crippen LogP contribution in [0.2, 0.25) is 0 Å². The Morgan fingerprint density at radius 1 is 1.11 bits per heavy atom. The minimum atomic E-state index is -0.113. The highest BCUT2D eigenvalue weighted by atomic mass is 16.5. The van der Waals surface area contributed by atoms with Gasteiger partial charge in [-0.3, -0.25) is 4.79 Å². The molecule has 2 nitrogen and oxygen atoms in total. The molecule has 2 heteroatoms. The van der Waals surface area contributed by atoms with E-state index in [-0.39, 0.29) is 11.7 Å². The monoisotopic (exact) mass is 254 g/mol. The molecule has 0 heterocycles. The largest absolute Gasteiger partial charge is 0.497 e. The highest BCUT2D eigenvalue weighted by molar-refractivity contribution is 6.00. The molecule has 98 valence electrons. The molecule has 2 aromatic rings. The van der Waals surface area contributed by atoms with Gasteiger partial charge in [0, 0.05) is 11.5 Å².